The molecule has 2 N–H and O–H groups in total. The number of hydrogen-bond acceptors (Lipinski definition) is 4. The molecule has 0 aliphatic rings. The zero-order valence-corrected chi connectivity index (χ0v) is 16.6. The van der Waals surface area contributed by atoms with Gasteiger partial charge in [-0.15, -0.1) is 11.3 Å². The lowest BCUT2D eigenvalue weighted by molar-refractivity contribution is -0.140. The van der Waals surface area contributed by atoms with Crippen LogP contribution in [0.25, 0.3) is 5.69 Å². The molecule has 0 fully saturated rings. The fraction of sp³-hybridized carbons (Fsp3) is 0.316. The van der Waals surface area contributed by atoms with Gasteiger partial charge in [-0.2, -0.15) is 18.3 Å². The van der Waals surface area contributed by atoms with Gasteiger partial charge in [0.1, 0.15) is 0 Å². The molecule has 0 radical (unpaired) electrons. The molecule has 0 amide bonds. The third kappa shape index (κ3) is 6.05. The summed E-state index contributed by atoms with van der Waals surface area (Å²) in [6, 6.07) is 10.0. The van der Waals surface area contributed by atoms with Gasteiger partial charge >= 0.3 is 6.18 Å². The molecule has 3 rings (SSSR count). The van der Waals surface area contributed by atoms with Crippen molar-refractivity contribution in [1.82, 2.24) is 25.4 Å². The van der Waals surface area contributed by atoms with Crippen LogP contribution in [-0.2, 0) is 19.0 Å². The standard InChI is InChI=1S/C19H21F3N6S/c1-23-18(25-11-8-17-27-16(13-29-17)19(20,21)22)24-10-7-14-3-5-15(6-4-14)28-12-2-9-26-28/h2-6,9,12-13H,7-8,10-11H2,1H3,(H2,23,24,25). The number of thiazole rings is 1. The van der Waals surface area contributed by atoms with Gasteiger partial charge in [0.15, 0.2) is 11.7 Å². The van der Waals surface area contributed by atoms with E-state index in [2.05, 4.69) is 37.8 Å². The zero-order valence-electron chi connectivity index (χ0n) is 15.8. The summed E-state index contributed by atoms with van der Waals surface area (Å²) in [6.45, 7) is 1.12. The second-order valence-electron chi connectivity index (χ2n) is 6.17. The molecule has 0 atom stereocenters. The average molecular weight is 422 g/mol. The highest BCUT2D eigenvalue weighted by Crippen LogP contribution is 2.29. The van der Waals surface area contributed by atoms with Gasteiger partial charge in [-0.25, -0.2) is 9.67 Å². The highest BCUT2D eigenvalue weighted by molar-refractivity contribution is 7.09. The maximum atomic E-state index is 12.6. The van der Waals surface area contributed by atoms with E-state index < -0.39 is 11.9 Å². The van der Waals surface area contributed by atoms with E-state index in [1.165, 1.54) is 5.56 Å². The summed E-state index contributed by atoms with van der Waals surface area (Å²) < 4.78 is 39.5. The van der Waals surface area contributed by atoms with E-state index in [1.54, 1.807) is 17.9 Å². The van der Waals surface area contributed by atoms with E-state index in [0.717, 1.165) is 28.8 Å². The second-order valence-corrected chi connectivity index (χ2v) is 7.11. The van der Waals surface area contributed by atoms with Crippen LogP contribution >= 0.6 is 11.3 Å². The first-order chi connectivity index (χ1) is 14.0. The number of guanidine groups is 1. The topological polar surface area (TPSA) is 67.1 Å². The summed E-state index contributed by atoms with van der Waals surface area (Å²) in [6.07, 6.45) is 0.441. The number of rotatable bonds is 7. The Morgan fingerprint density at radius 3 is 2.45 bits per heavy atom. The minimum Gasteiger partial charge on any atom is -0.356 e. The van der Waals surface area contributed by atoms with E-state index in [0.29, 0.717) is 30.5 Å². The molecule has 2 heterocycles. The summed E-state index contributed by atoms with van der Waals surface area (Å²) in [5, 5.41) is 12.0. The van der Waals surface area contributed by atoms with Crippen molar-refractivity contribution >= 4 is 17.3 Å². The van der Waals surface area contributed by atoms with Crippen molar-refractivity contribution in [2.24, 2.45) is 4.99 Å². The van der Waals surface area contributed by atoms with E-state index >= 15 is 0 Å². The monoisotopic (exact) mass is 422 g/mol. The number of hydrogen-bond donors (Lipinski definition) is 2. The first kappa shape index (κ1) is 20.8. The molecule has 0 aliphatic carbocycles. The zero-order chi connectivity index (χ0) is 20.7. The smallest absolute Gasteiger partial charge is 0.356 e. The minimum absolute atomic E-state index is 0.399. The number of benzene rings is 1. The van der Waals surface area contributed by atoms with Gasteiger partial charge in [0.25, 0.3) is 0 Å². The van der Waals surface area contributed by atoms with Crippen molar-refractivity contribution < 1.29 is 13.2 Å². The Morgan fingerprint density at radius 1 is 1.14 bits per heavy atom. The number of halogens is 3. The van der Waals surface area contributed by atoms with Crippen LogP contribution in [0, 0.1) is 0 Å². The first-order valence-corrected chi connectivity index (χ1v) is 9.89. The highest BCUT2D eigenvalue weighted by atomic mass is 32.1. The van der Waals surface area contributed by atoms with Crippen LogP contribution in [-0.4, -0.2) is 40.9 Å². The predicted octanol–water partition coefficient (Wildman–Crippen LogP) is 3.30. The SMILES string of the molecule is CN=C(NCCc1ccc(-n2cccn2)cc1)NCCc1nc(C(F)(F)F)cs1. The van der Waals surface area contributed by atoms with Gasteiger partial charge in [-0.3, -0.25) is 4.99 Å². The number of aromatic nitrogens is 3. The fourth-order valence-electron chi connectivity index (χ4n) is 2.63. The maximum Gasteiger partial charge on any atom is 0.434 e. The third-order valence-electron chi connectivity index (χ3n) is 4.11. The van der Waals surface area contributed by atoms with Gasteiger partial charge < -0.3 is 10.6 Å². The van der Waals surface area contributed by atoms with E-state index in [9.17, 15) is 13.2 Å². The summed E-state index contributed by atoms with van der Waals surface area (Å²) in [5.74, 6) is 0.603. The van der Waals surface area contributed by atoms with Gasteiger partial charge in [-0.1, -0.05) is 12.1 Å². The quantitative estimate of drug-likeness (QED) is 0.453. The van der Waals surface area contributed by atoms with E-state index in [4.69, 9.17) is 0 Å². The Labute approximate surface area is 170 Å². The molecule has 2 aromatic heterocycles. The van der Waals surface area contributed by atoms with Gasteiger partial charge in [0.2, 0.25) is 0 Å². The summed E-state index contributed by atoms with van der Waals surface area (Å²) in [7, 11) is 1.65. The fourth-order valence-corrected chi connectivity index (χ4v) is 3.43. The molecule has 0 unspecified atom stereocenters. The summed E-state index contributed by atoms with van der Waals surface area (Å²) in [4.78, 5) is 7.75. The van der Waals surface area contributed by atoms with E-state index in [-0.39, 0.29) is 0 Å². The van der Waals surface area contributed by atoms with Crippen molar-refractivity contribution in [3.63, 3.8) is 0 Å². The minimum atomic E-state index is -4.39. The molecular formula is C19H21F3N6S. The number of alkyl halides is 3. The van der Waals surface area contributed by atoms with Crippen molar-refractivity contribution in [2.75, 3.05) is 20.1 Å². The number of nitrogens with one attached hydrogen (secondary N) is 2. The lowest BCUT2D eigenvalue weighted by Crippen LogP contribution is -2.39. The molecule has 29 heavy (non-hydrogen) atoms. The number of nitrogens with zero attached hydrogens (tertiary/aromatic N) is 4. The van der Waals surface area contributed by atoms with Crippen LogP contribution in [0.1, 0.15) is 16.3 Å². The molecule has 0 saturated carbocycles. The van der Waals surface area contributed by atoms with Crippen molar-refractivity contribution in [2.45, 2.75) is 19.0 Å². The molecule has 10 heteroatoms. The Morgan fingerprint density at radius 2 is 1.86 bits per heavy atom. The van der Waals surface area contributed by atoms with Gasteiger partial charge in [-0.05, 0) is 30.2 Å². The van der Waals surface area contributed by atoms with Crippen LogP contribution in [0.15, 0.2) is 53.1 Å². The lowest BCUT2D eigenvalue weighted by atomic mass is 10.1. The lowest BCUT2D eigenvalue weighted by Gasteiger charge is -2.11. The van der Waals surface area contributed by atoms with Crippen LogP contribution in [0.2, 0.25) is 0 Å². The first-order valence-electron chi connectivity index (χ1n) is 9.01. The maximum absolute atomic E-state index is 12.6. The van der Waals surface area contributed by atoms with Crippen LogP contribution in [0.4, 0.5) is 13.2 Å². The highest BCUT2D eigenvalue weighted by Gasteiger charge is 2.33. The van der Waals surface area contributed by atoms with Crippen LogP contribution in [0.3, 0.4) is 0 Å². The van der Waals surface area contributed by atoms with Crippen molar-refractivity contribution in [3.05, 3.63) is 64.4 Å². The van der Waals surface area contributed by atoms with Crippen LogP contribution in [0.5, 0.6) is 0 Å². The van der Waals surface area contributed by atoms with Crippen molar-refractivity contribution in [3.8, 4) is 5.69 Å². The van der Waals surface area contributed by atoms with E-state index in [1.807, 2.05) is 24.4 Å². The molecule has 0 saturated heterocycles. The van der Waals surface area contributed by atoms with Gasteiger partial charge in [0.05, 0.1) is 10.7 Å². The molecule has 1 aromatic carbocycles. The summed E-state index contributed by atoms with van der Waals surface area (Å²) in [5.41, 5.74) is 1.34. The molecule has 6 nitrogen and oxygen atoms in total. The van der Waals surface area contributed by atoms with Gasteiger partial charge in [0, 0.05) is 44.3 Å². The second kappa shape index (κ2) is 9.55. The molecule has 0 spiro atoms. The van der Waals surface area contributed by atoms with Crippen LogP contribution < -0.4 is 10.6 Å². The van der Waals surface area contributed by atoms with Crippen molar-refractivity contribution in [1.29, 1.82) is 0 Å². The largest absolute Gasteiger partial charge is 0.434 e. The molecule has 0 aliphatic heterocycles. The normalized spacial score (nSPS) is 12.2. The Bertz CT molecular complexity index is 916. The molecular weight excluding hydrogens is 401 g/mol. The predicted molar refractivity (Wildman–Crippen MR) is 107 cm³/mol. The Hall–Kier alpha value is -2.88. The molecule has 0 bridgehead atoms. The third-order valence-corrected chi connectivity index (χ3v) is 5.02. The average Bonchev–Trinajstić information content (AvgIpc) is 3.39. The summed E-state index contributed by atoms with van der Waals surface area (Å²) >= 11 is 1.01. The Balaban J connectivity index is 1.40. The molecule has 154 valence electrons. The Kier molecular flexibility index (Phi) is 6.86. The molecule has 3 aromatic rings. The number of aliphatic imine (C=N–C) groups is 1.